The normalized spacial score (nSPS) is 19.0. The molecule has 2 rings (SSSR count). The lowest BCUT2D eigenvalue weighted by Crippen LogP contribution is -2.29. The van der Waals surface area contributed by atoms with E-state index in [2.05, 4.69) is 0 Å². The summed E-state index contributed by atoms with van der Waals surface area (Å²) in [5, 5.41) is 29.7. The van der Waals surface area contributed by atoms with Crippen molar-refractivity contribution in [3.8, 4) is 11.5 Å². The van der Waals surface area contributed by atoms with Gasteiger partial charge in [-0.3, -0.25) is 0 Å². The van der Waals surface area contributed by atoms with Crippen molar-refractivity contribution in [2.75, 3.05) is 0 Å². The number of cyclic esters (lactones) is 1. The van der Waals surface area contributed by atoms with Crippen molar-refractivity contribution in [1.82, 2.24) is 0 Å². The van der Waals surface area contributed by atoms with Crippen LogP contribution in [0, 0.1) is 13.8 Å². The van der Waals surface area contributed by atoms with E-state index in [4.69, 9.17) is 4.74 Å². The minimum atomic E-state index is -0.559. The Morgan fingerprint density at radius 2 is 1.90 bits per heavy atom. The van der Waals surface area contributed by atoms with E-state index in [0.717, 1.165) is 0 Å². The molecule has 0 spiro atoms. The molecule has 1 aliphatic heterocycles. The van der Waals surface area contributed by atoms with Gasteiger partial charge in [0.15, 0.2) is 0 Å². The van der Waals surface area contributed by atoms with Gasteiger partial charge in [-0.1, -0.05) is 6.92 Å². The molecular formula is C16H22O5. The largest absolute Gasteiger partial charge is 0.507 e. The van der Waals surface area contributed by atoms with Crippen molar-refractivity contribution in [2.24, 2.45) is 0 Å². The van der Waals surface area contributed by atoms with Crippen LogP contribution in [-0.4, -0.2) is 33.5 Å². The predicted octanol–water partition coefficient (Wildman–Crippen LogP) is 2.35. The summed E-state index contributed by atoms with van der Waals surface area (Å²) >= 11 is 0. The Balaban J connectivity index is 2.30. The number of phenolic OH excluding ortho intramolecular Hbond substituents is 2. The molecule has 0 aromatic heterocycles. The first-order chi connectivity index (χ1) is 9.86. The molecule has 0 radical (unpaired) electrons. The average molecular weight is 294 g/mol. The lowest BCUT2D eigenvalue weighted by atomic mass is 9.89. The Kier molecular flexibility index (Phi) is 4.42. The SMILES string of the molecule is CC[C@@H](O)CC[C@H]1Cc2c(C)c(O)c(C)c(O)c2C(=O)O1. The monoisotopic (exact) mass is 294 g/mol. The van der Waals surface area contributed by atoms with E-state index in [1.807, 2.05) is 6.92 Å². The molecule has 1 heterocycles. The Labute approximate surface area is 124 Å². The highest BCUT2D eigenvalue weighted by molar-refractivity contribution is 5.96. The van der Waals surface area contributed by atoms with Gasteiger partial charge in [0.25, 0.3) is 0 Å². The molecule has 116 valence electrons. The Morgan fingerprint density at radius 1 is 1.24 bits per heavy atom. The number of aliphatic hydroxyl groups is 1. The minimum absolute atomic E-state index is 0.0216. The van der Waals surface area contributed by atoms with Crippen LogP contribution in [-0.2, 0) is 11.2 Å². The predicted molar refractivity (Wildman–Crippen MR) is 77.7 cm³/mol. The average Bonchev–Trinajstić information content (AvgIpc) is 2.47. The smallest absolute Gasteiger partial charge is 0.342 e. The van der Waals surface area contributed by atoms with E-state index >= 15 is 0 Å². The van der Waals surface area contributed by atoms with E-state index in [0.29, 0.717) is 42.4 Å². The van der Waals surface area contributed by atoms with Crippen LogP contribution in [0.2, 0.25) is 0 Å². The number of hydrogen-bond donors (Lipinski definition) is 3. The number of aliphatic hydroxyl groups excluding tert-OH is 1. The van der Waals surface area contributed by atoms with Crippen molar-refractivity contribution in [1.29, 1.82) is 0 Å². The summed E-state index contributed by atoms with van der Waals surface area (Å²) in [7, 11) is 0. The molecule has 1 aliphatic rings. The van der Waals surface area contributed by atoms with Gasteiger partial charge in [0.1, 0.15) is 23.2 Å². The molecule has 0 saturated carbocycles. The highest BCUT2D eigenvalue weighted by atomic mass is 16.5. The maximum absolute atomic E-state index is 12.1. The van der Waals surface area contributed by atoms with Gasteiger partial charge in [0.05, 0.1) is 6.10 Å². The summed E-state index contributed by atoms with van der Waals surface area (Å²) in [5.41, 5.74) is 1.71. The van der Waals surface area contributed by atoms with Crippen LogP contribution in [0.4, 0.5) is 0 Å². The van der Waals surface area contributed by atoms with Crippen molar-refractivity contribution >= 4 is 5.97 Å². The minimum Gasteiger partial charge on any atom is -0.507 e. The highest BCUT2D eigenvalue weighted by Gasteiger charge is 2.33. The number of aromatic hydroxyl groups is 2. The van der Waals surface area contributed by atoms with Crippen LogP contribution in [0.3, 0.4) is 0 Å². The molecule has 0 unspecified atom stereocenters. The third-order valence-corrected chi connectivity index (χ3v) is 4.26. The van der Waals surface area contributed by atoms with Gasteiger partial charge >= 0.3 is 5.97 Å². The number of phenols is 2. The number of benzene rings is 1. The fraction of sp³-hybridized carbons (Fsp3) is 0.562. The second kappa shape index (κ2) is 5.93. The number of fused-ring (bicyclic) bond motifs is 1. The van der Waals surface area contributed by atoms with Crippen LogP contribution in [0.15, 0.2) is 0 Å². The highest BCUT2D eigenvalue weighted by Crippen LogP contribution is 2.40. The van der Waals surface area contributed by atoms with Gasteiger partial charge in [0.2, 0.25) is 0 Å². The second-order valence-electron chi connectivity index (χ2n) is 5.67. The van der Waals surface area contributed by atoms with Crippen molar-refractivity contribution in [2.45, 2.75) is 58.7 Å². The van der Waals surface area contributed by atoms with Crippen molar-refractivity contribution in [3.63, 3.8) is 0 Å². The van der Waals surface area contributed by atoms with Gasteiger partial charge in [-0.05, 0) is 44.2 Å². The number of esters is 1. The Hall–Kier alpha value is -1.75. The number of rotatable bonds is 4. The summed E-state index contributed by atoms with van der Waals surface area (Å²) in [6, 6.07) is 0. The van der Waals surface area contributed by atoms with E-state index in [9.17, 15) is 20.1 Å². The summed E-state index contributed by atoms with van der Waals surface area (Å²) in [4.78, 5) is 12.1. The second-order valence-corrected chi connectivity index (χ2v) is 5.67. The Morgan fingerprint density at radius 3 is 2.52 bits per heavy atom. The van der Waals surface area contributed by atoms with E-state index in [1.165, 1.54) is 0 Å². The number of carbonyl (C=O) groups is 1. The zero-order chi connectivity index (χ0) is 15.7. The fourth-order valence-corrected chi connectivity index (χ4v) is 2.75. The lowest BCUT2D eigenvalue weighted by Gasteiger charge is -2.28. The molecule has 0 aliphatic carbocycles. The molecule has 0 saturated heterocycles. The first kappa shape index (κ1) is 15.6. The summed E-state index contributed by atoms with van der Waals surface area (Å²) in [6.07, 6.45) is 1.51. The van der Waals surface area contributed by atoms with Gasteiger partial charge < -0.3 is 20.1 Å². The fourth-order valence-electron chi connectivity index (χ4n) is 2.75. The van der Waals surface area contributed by atoms with Crippen LogP contribution in [0.25, 0.3) is 0 Å². The summed E-state index contributed by atoms with van der Waals surface area (Å²) < 4.78 is 5.35. The topological polar surface area (TPSA) is 87.0 Å². The van der Waals surface area contributed by atoms with E-state index < -0.39 is 12.1 Å². The first-order valence-corrected chi connectivity index (χ1v) is 7.29. The molecule has 3 N–H and O–H groups in total. The number of ether oxygens (including phenoxy) is 1. The third kappa shape index (κ3) is 2.83. The first-order valence-electron chi connectivity index (χ1n) is 7.29. The van der Waals surface area contributed by atoms with Gasteiger partial charge in [-0.25, -0.2) is 4.79 Å². The van der Waals surface area contributed by atoms with Crippen molar-refractivity contribution < 1.29 is 24.9 Å². The molecule has 21 heavy (non-hydrogen) atoms. The van der Waals surface area contributed by atoms with Crippen LogP contribution < -0.4 is 0 Å². The summed E-state index contributed by atoms with van der Waals surface area (Å²) in [5.74, 6) is -0.741. The maximum atomic E-state index is 12.1. The molecule has 5 heteroatoms. The zero-order valence-electron chi connectivity index (χ0n) is 12.6. The molecule has 1 aromatic rings. The molecular weight excluding hydrogens is 272 g/mol. The third-order valence-electron chi connectivity index (χ3n) is 4.26. The van der Waals surface area contributed by atoms with Gasteiger partial charge in [0, 0.05) is 12.0 Å². The van der Waals surface area contributed by atoms with Crippen LogP contribution in [0.1, 0.15) is 53.2 Å². The molecule has 0 bridgehead atoms. The lowest BCUT2D eigenvalue weighted by molar-refractivity contribution is 0.0187. The van der Waals surface area contributed by atoms with E-state index in [-0.39, 0.29) is 23.2 Å². The number of carbonyl (C=O) groups excluding carboxylic acids is 1. The Bertz CT molecular complexity index is 565. The van der Waals surface area contributed by atoms with Crippen LogP contribution in [0.5, 0.6) is 11.5 Å². The number of hydrogen-bond acceptors (Lipinski definition) is 5. The quantitative estimate of drug-likeness (QED) is 0.742. The van der Waals surface area contributed by atoms with Gasteiger partial charge in [-0.2, -0.15) is 0 Å². The van der Waals surface area contributed by atoms with Crippen LogP contribution >= 0.6 is 0 Å². The summed E-state index contributed by atoms with van der Waals surface area (Å²) in [6.45, 7) is 5.20. The molecule has 0 amide bonds. The van der Waals surface area contributed by atoms with E-state index in [1.54, 1.807) is 13.8 Å². The molecule has 5 nitrogen and oxygen atoms in total. The van der Waals surface area contributed by atoms with Crippen molar-refractivity contribution in [3.05, 3.63) is 22.3 Å². The maximum Gasteiger partial charge on any atom is 0.342 e. The zero-order valence-corrected chi connectivity index (χ0v) is 12.6. The molecule has 1 aromatic carbocycles. The standard InChI is InChI=1S/C16H22O5/c1-4-10(17)5-6-11-7-12-8(2)14(18)9(3)15(19)13(12)16(20)21-11/h10-11,17-19H,4-7H2,1-3H3/t10-,11+/m1/s1. The molecule has 2 atom stereocenters. The molecule has 0 fully saturated rings. The van der Waals surface area contributed by atoms with Gasteiger partial charge in [-0.15, -0.1) is 0 Å².